The molecule has 1 aromatic carbocycles. The van der Waals surface area contributed by atoms with Gasteiger partial charge in [-0.25, -0.2) is 0 Å². The molecule has 190 valence electrons. The normalized spacial score (nSPS) is 25.4. The minimum atomic E-state index is -0.529. The standard InChI is InChI=1S/C23H38O10/c1-24-11-18-8-6-17(7-9-18)10-19-21(30-14-26-3)23(32-16-28-5)22(31-15-27-4)20(33-19)12-29-13-25-2/h6-9,19-23H,10-16H2,1-5H3/t19-,20?,21?,22-,23+/m0/s1. The quantitative estimate of drug-likeness (QED) is 0.245. The molecular formula is C23H38O10. The van der Waals surface area contributed by atoms with E-state index in [1.807, 2.05) is 12.1 Å². The van der Waals surface area contributed by atoms with Crippen LogP contribution < -0.4 is 0 Å². The third kappa shape index (κ3) is 9.18. The van der Waals surface area contributed by atoms with E-state index in [-0.39, 0.29) is 39.9 Å². The summed E-state index contributed by atoms with van der Waals surface area (Å²) in [5.74, 6) is 0. The molecule has 10 nitrogen and oxygen atoms in total. The maximum absolute atomic E-state index is 6.46. The Bertz CT molecular complexity index is 614. The zero-order valence-corrected chi connectivity index (χ0v) is 20.2. The Labute approximate surface area is 196 Å². The summed E-state index contributed by atoms with van der Waals surface area (Å²) in [4.78, 5) is 0. The van der Waals surface area contributed by atoms with Crippen LogP contribution in [0.2, 0.25) is 0 Å². The van der Waals surface area contributed by atoms with Gasteiger partial charge in [0.2, 0.25) is 0 Å². The highest BCUT2D eigenvalue weighted by molar-refractivity contribution is 5.23. The first-order chi connectivity index (χ1) is 16.2. The van der Waals surface area contributed by atoms with Gasteiger partial charge in [-0.1, -0.05) is 24.3 Å². The van der Waals surface area contributed by atoms with Crippen LogP contribution in [0.5, 0.6) is 0 Å². The van der Waals surface area contributed by atoms with Crippen molar-refractivity contribution in [1.29, 1.82) is 0 Å². The SMILES string of the molecule is COCOCC1O[C@@H](Cc2ccc(COC)cc2)C(OCOC)[C@@H](OCOC)[C@H]1OCOC. The number of hydrogen-bond donors (Lipinski definition) is 0. The summed E-state index contributed by atoms with van der Waals surface area (Å²) < 4.78 is 55.8. The molecule has 0 bridgehead atoms. The van der Waals surface area contributed by atoms with Crippen molar-refractivity contribution in [2.24, 2.45) is 0 Å². The van der Waals surface area contributed by atoms with Crippen LogP contribution in [0.4, 0.5) is 0 Å². The van der Waals surface area contributed by atoms with Crippen molar-refractivity contribution in [1.82, 2.24) is 0 Å². The highest BCUT2D eigenvalue weighted by Crippen LogP contribution is 2.30. The van der Waals surface area contributed by atoms with E-state index in [4.69, 9.17) is 47.4 Å². The van der Waals surface area contributed by atoms with Gasteiger partial charge in [0.15, 0.2) is 0 Å². The molecule has 33 heavy (non-hydrogen) atoms. The topological polar surface area (TPSA) is 92.3 Å². The molecule has 1 aliphatic heterocycles. The van der Waals surface area contributed by atoms with Gasteiger partial charge in [0.25, 0.3) is 0 Å². The molecule has 0 spiro atoms. The second-order valence-electron chi connectivity index (χ2n) is 7.56. The molecule has 0 amide bonds. The number of methoxy groups -OCH3 is 5. The summed E-state index contributed by atoms with van der Waals surface area (Å²) in [6.07, 6.45) is -1.74. The fourth-order valence-corrected chi connectivity index (χ4v) is 3.74. The summed E-state index contributed by atoms with van der Waals surface area (Å²) in [6, 6.07) is 8.19. The first kappa shape index (κ1) is 28.1. The average molecular weight is 475 g/mol. The molecule has 1 aliphatic rings. The zero-order valence-electron chi connectivity index (χ0n) is 20.2. The van der Waals surface area contributed by atoms with Crippen molar-refractivity contribution in [2.45, 2.75) is 43.5 Å². The van der Waals surface area contributed by atoms with E-state index in [9.17, 15) is 0 Å². The molecule has 1 heterocycles. The van der Waals surface area contributed by atoms with Gasteiger partial charge in [0, 0.05) is 42.0 Å². The molecular weight excluding hydrogens is 436 g/mol. The predicted octanol–water partition coefficient (Wildman–Crippen LogP) is 1.73. The molecule has 0 aromatic heterocycles. The van der Waals surface area contributed by atoms with Crippen LogP contribution in [-0.4, -0.2) is 99.8 Å². The highest BCUT2D eigenvalue weighted by atomic mass is 16.7. The number of ether oxygens (including phenoxy) is 10. The van der Waals surface area contributed by atoms with Gasteiger partial charge in [-0.05, 0) is 11.1 Å². The van der Waals surface area contributed by atoms with E-state index in [0.29, 0.717) is 13.0 Å². The Morgan fingerprint density at radius 3 is 1.67 bits per heavy atom. The molecule has 0 saturated carbocycles. The second-order valence-corrected chi connectivity index (χ2v) is 7.56. The highest BCUT2D eigenvalue weighted by Gasteiger charge is 2.48. The van der Waals surface area contributed by atoms with E-state index in [1.165, 1.54) is 0 Å². The third-order valence-electron chi connectivity index (χ3n) is 5.12. The second kappa shape index (κ2) is 16.4. The predicted molar refractivity (Wildman–Crippen MR) is 118 cm³/mol. The van der Waals surface area contributed by atoms with Gasteiger partial charge in [-0.15, -0.1) is 0 Å². The molecule has 1 aromatic rings. The lowest BCUT2D eigenvalue weighted by molar-refractivity contribution is -0.297. The Morgan fingerprint density at radius 1 is 0.606 bits per heavy atom. The monoisotopic (exact) mass is 474 g/mol. The zero-order chi connectivity index (χ0) is 23.9. The van der Waals surface area contributed by atoms with Crippen LogP contribution in [0.1, 0.15) is 11.1 Å². The van der Waals surface area contributed by atoms with E-state index >= 15 is 0 Å². The molecule has 10 heteroatoms. The Balaban J connectivity index is 2.28. The van der Waals surface area contributed by atoms with Crippen molar-refractivity contribution in [2.75, 3.05) is 69.3 Å². The first-order valence-corrected chi connectivity index (χ1v) is 10.8. The first-order valence-electron chi connectivity index (χ1n) is 10.8. The van der Waals surface area contributed by atoms with E-state index < -0.39 is 24.4 Å². The van der Waals surface area contributed by atoms with Crippen molar-refractivity contribution < 1.29 is 47.4 Å². The number of benzene rings is 1. The lowest BCUT2D eigenvalue weighted by atomic mass is 9.91. The Hall–Kier alpha value is -1.18. The molecule has 1 fully saturated rings. The van der Waals surface area contributed by atoms with Crippen LogP contribution in [0.25, 0.3) is 0 Å². The Morgan fingerprint density at radius 2 is 1.12 bits per heavy atom. The van der Waals surface area contributed by atoms with Crippen LogP contribution in [0.3, 0.4) is 0 Å². The smallest absolute Gasteiger partial charge is 0.146 e. The Kier molecular flexibility index (Phi) is 14.0. The summed E-state index contributed by atoms with van der Waals surface area (Å²) in [6.45, 7) is 1.14. The van der Waals surface area contributed by atoms with Gasteiger partial charge in [0.1, 0.15) is 51.6 Å². The van der Waals surface area contributed by atoms with Crippen LogP contribution in [0, 0.1) is 0 Å². The van der Waals surface area contributed by atoms with Gasteiger partial charge in [-0.3, -0.25) is 0 Å². The summed E-state index contributed by atoms with van der Waals surface area (Å²) >= 11 is 0. The molecule has 0 aliphatic carbocycles. The third-order valence-corrected chi connectivity index (χ3v) is 5.12. The van der Waals surface area contributed by atoms with Gasteiger partial charge >= 0.3 is 0 Å². The summed E-state index contributed by atoms with van der Waals surface area (Å²) in [5.41, 5.74) is 2.18. The van der Waals surface area contributed by atoms with E-state index in [2.05, 4.69) is 12.1 Å². The summed E-state index contributed by atoms with van der Waals surface area (Å²) in [5, 5.41) is 0. The van der Waals surface area contributed by atoms with E-state index in [1.54, 1.807) is 35.5 Å². The van der Waals surface area contributed by atoms with E-state index in [0.717, 1.165) is 11.1 Å². The number of hydrogen-bond acceptors (Lipinski definition) is 10. The molecule has 0 N–H and O–H groups in total. The summed E-state index contributed by atoms with van der Waals surface area (Å²) in [7, 11) is 7.93. The van der Waals surface area contributed by atoms with Gasteiger partial charge in [-0.2, -0.15) is 0 Å². The minimum absolute atomic E-state index is 0.0598. The van der Waals surface area contributed by atoms with Crippen molar-refractivity contribution in [3.05, 3.63) is 35.4 Å². The maximum Gasteiger partial charge on any atom is 0.146 e. The fraction of sp³-hybridized carbons (Fsp3) is 0.739. The van der Waals surface area contributed by atoms with Crippen molar-refractivity contribution in [3.8, 4) is 0 Å². The van der Waals surface area contributed by atoms with Gasteiger partial charge in [0.05, 0.1) is 19.3 Å². The van der Waals surface area contributed by atoms with Crippen LogP contribution in [0.15, 0.2) is 24.3 Å². The molecule has 1 saturated heterocycles. The minimum Gasteiger partial charge on any atom is -0.380 e. The molecule has 2 rings (SSSR count). The molecule has 5 atom stereocenters. The maximum atomic E-state index is 6.46. The van der Waals surface area contributed by atoms with Crippen LogP contribution in [-0.2, 0) is 60.4 Å². The van der Waals surface area contributed by atoms with Crippen molar-refractivity contribution in [3.63, 3.8) is 0 Å². The largest absolute Gasteiger partial charge is 0.380 e. The fourth-order valence-electron chi connectivity index (χ4n) is 3.74. The van der Waals surface area contributed by atoms with Gasteiger partial charge < -0.3 is 47.4 Å². The lowest BCUT2D eigenvalue weighted by Crippen LogP contribution is -2.62. The number of rotatable bonds is 17. The molecule has 0 radical (unpaired) electrons. The average Bonchev–Trinajstić information content (AvgIpc) is 2.83. The lowest BCUT2D eigenvalue weighted by Gasteiger charge is -2.46. The van der Waals surface area contributed by atoms with Crippen molar-refractivity contribution >= 4 is 0 Å². The molecule has 2 unspecified atom stereocenters. The van der Waals surface area contributed by atoms with Crippen LogP contribution >= 0.6 is 0 Å².